The molecule has 0 radical (unpaired) electrons. The van der Waals surface area contributed by atoms with Crippen LogP contribution < -0.4 is 10.6 Å². The van der Waals surface area contributed by atoms with E-state index in [0.717, 1.165) is 11.1 Å². The number of carbonyl (C=O) groups excluding carboxylic acids is 2. The second kappa shape index (κ2) is 9.17. The predicted molar refractivity (Wildman–Crippen MR) is 94.3 cm³/mol. The summed E-state index contributed by atoms with van der Waals surface area (Å²) in [6, 6.07) is 11.6. The number of hydrogen-bond acceptors (Lipinski definition) is 3. The second-order valence-electron chi connectivity index (χ2n) is 5.23. The number of nitrogens with one attached hydrogen (secondary N) is 2. The van der Waals surface area contributed by atoms with E-state index in [0.29, 0.717) is 5.75 Å². The number of hydrogen-bond donors (Lipinski definition) is 2. The minimum atomic E-state index is -0.552. The van der Waals surface area contributed by atoms with E-state index in [2.05, 4.69) is 10.6 Å². The summed E-state index contributed by atoms with van der Waals surface area (Å²) in [6.07, 6.45) is 0.150. The van der Waals surface area contributed by atoms with E-state index in [-0.39, 0.29) is 29.2 Å². The lowest BCUT2D eigenvalue weighted by molar-refractivity contribution is -0.119. The van der Waals surface area contributed by atoms with Crippen LogP contribution in [0, 0.1) is 11.6 Å². The van der Waals surface area contributed by atoms with Crippen LogP contribution in [0.4, 0.5) is 13.6 Å². The summed E-state index contributed by atoms with van der Waals surface area (Å²) < 4.78 is 26.3. The molecule has 0 saturated heterocycles. The molecule has 0 spiro atoms. The standard InChI is InChI=1S/C18H18F2N2O2S/c1-21-18(24)22-16(23)10-11-25-17(12-2-6-14(19)7-3-12)13-4-8-15(20)9-5-13/h2-9,17H,10-11H2,1H3,(H2,21,22,23,24). The molecule has 4 nitrogen and oxygen atoms in total. The van der Waals surface area contributed by atoms with Crippen LogP contribution in [0.5, 0.6) is 0 Å². The Balaban J connectivity index is 2.07. The molecule has 0 unspecified atom stereocenters. The van der Waals surface area contributed by atoms with E-state index < -0.39 is 6.03 Å². The van der Waals surface area contributed by atoms with Crippen molar-refractivity contribution in [3.8, 4) is 0 Å². The largest absolute Gasteiger partial charge is 0.341 e. The minimum absolute atomic E-state index is 0.150. The zero-order valence-electron chi connectivity index (χ0n) is 13.6. The van der Waals surface area contributed by atoms with E-state index >= 15 is 0 Å². The van der Waals surface area contributed by atoms with Crippen molar-refractivity contribution in [1.82, 2.24) is 10.6 Å². The SMILES string of the molecule is CNC(=O)NC(=O)CCSC(c1ccc(F)cc1)c1ccc(F)cc1. The molecule has 25 heavy (non-hydrogen) atoms. The predicted octanol–water partition coefficient (Wildman–Crippen LogP) is 3.63. The molecule has 2 N–H and O–H groups in total. The average Bonchev–Trinajstić information content (AvgIpc) is 2.60. The topological polar surface area (TPSA) is 58.2 Å². The Hall–Kier alpha value is -2.41. The van der Waals surface area contributed by atoms with Gasteiger partial charge in [-0.05, 0) is 35.4 Å². The molecule has 0 saturated carbocycles. The molecule has 0 aliphatic heterocycles. The molecular weight excluding hydrogens is 346 g/mol. The van der Waals surface area contributed by atoms with Crippen LogP contribution in [0.15, 0.2) is 48.5 Å². The third kappa shape index (κ3) is 5.86. The van der Waals surface area contributed by atoms with Crippen LogP contribution in [-0.2, 0) is 4.79 Å². The van der Waals surface area contributed by atoms with Crippen molar-refractivity contribution in [2.24, 2.45) is 0 Å². The fourth-order valence-corrected chi connectivity index (χ4v) is 3.42. The van der Waals surface area contributed by atoms with Gasteiger partial charge in [-0.2, -0.15) is 0 Å². The maximum Gasteiger partial charge on any atom is 0.321 e. The van der Waals surface area contributed by atoms with Gasteiger partial charge in [-0.3, -0.25) is 10.1 Å². The fourth-order valence-electron chi connectivity index (χ4n) is 2.18. The molecule has 0 aromatic heterocycles. The highest BCUT2D eigenvalue weighted by Crippen LogP contribution is 2.36. The molecular formula is C18H18F2N2O2S. The Labute approximate surface area is 149 Å². The van der Waals surface area contributed by atoms with E-state index in [1.807, 2.05) is 0 Å². The number of thioether (sulfide) groups is 1. The fraction of sp³-hybridized carbons (Fsp3) is 0.222. The van der Waals surface area contributed by atoms with Crippen LogP contribution in [0.1, 0.15) is 22.8 Å². The van der Waals surface area contributed by atoms with Gasteiger partial charge in [0.2, 0.25) is 5.91 Å². The zero-order valence-corrected chi connectivity index (χ0v) is 14.4. The first-order valence-corrected chi connectivity index (χ1v) is 8.68. The lowest BCUT2D eigenvalue weighted by Gasteiger charge is -2.18. The molecule has 2 aromatic rings. The first kappa shape index (κ1) is 18.9. The molecule has 0 aliphatic rings. The summed E-state index contributed by atoms with van der Waals surface area (Å²) in [5.41, 5.74) is 1.70. The highest BCUT2D eigenvalue weighted by molar-refractivity contribution is 7.99. The van der Waals surface area contributed by atoms with Crippen molar-refractivity contribution < 1.29 is 18.4 Å². The third-order valence-electron chi connectivity index (χ3n) is 3.44. The van der Waals surface area contributed by atoms with Gasteiger partial charge in [-0.15, -0.1) is 11.8 Å². The Morgan fingerprint density at radius 1 is 0.960 bits per heavy atom. The normalized spacial score (nSPS) is 10.6. The summed E-state index contributed by atoms with van der Waals surface area (Å²) in [5.74, 6) is -0.612. The molecule has 2 rings (SSSR count). The van der Waals surface area contributed by atoms with Gasteiger partial charge >= 0.3 is 6.03 Å². The van der Waals surface area contributed by atoms with Crippen molar-refractivity contribution in [1.29, 1.82) is 0 Å². The number of amides is 3. The van der Waals surface area contributed by atoms with Crippen molar-refractivity contribution in [2.45, 2.75) is 11.7 Å². The second-order valence-corrected chi connectivity index (χ2v) is 6.44. The maximum absolute atomic E-state index is 13.2. The summed E-state index contributed by atoms with van der Waals surface area (Å²) in [5, 5.41) is 4.33. The van der Waals surface area contributed by atoms with Crippen LogP contribution >= 0.6 is 11.8 Å². The Morgan fingerprint density at radius 2 is 1.44 bits per heavy atom. The molecule has 0 heterocycles. The number of urea groups is 1. The van der Waals surface area contributed by atoms with Crippen molar-refractivity contribution in [3.05, 3.63) is 71.3 Å². The first-order chi connectivity index (χ1) is 12.0. The van der Waals surface area contributed by atoms with Gasteiger partial charge in [0.1, 0.15) is 11.6 Å². The molecule has 0 aliphatic carbocycles. The quantitative estimate of drug-likeness (QED) is 0.823. The smallest absolute Gasteiger partial charge is 0.321 e. The van der Waals surface area contributed by atoms with Gasteiger partial charge in [0.05, 0.1) is 5.25 Å². The number of benzene rings is 2. The summed E-state index contributed by atoms with van der Waals surface area (Å²) in [6.45, 7) is 0. The van der Waals surface area contributed by atoms with E-state index in [4.69, 9.17) is 0 Å². The molecule has 0 fully saturated rings. The van der Waals surface area contributed by atoms with Crippen LogP contribution in [0.25, 0.3) is 0 Å². The summed E-state index contributed by atoms with van der Waals surface area (Å²) in [7, 11) is 1.43. The Bertz CT molecular complexity index is 675. The van der Waals surface area contributed by atoms with Gasteiger partial charge in [0, 0.05) is 19.2 Å². The molecule has 2 aromatic carbocycles. The lowest BCUT2D eigenvalue weighted by Crippen LogP contribution is -2.37. The van der Waals surface area contributed by atoms with Crippen molar-refractivity contribution in [3.63, 3.8) is 0 Å². The lowest BCUT2D eigenvalue weighted by atomic mass is 10.0. The zero-order chi connectivity index (χ0) is 18.2. The molecule has 0 bridgehead atoms. The van der Waals surface area contributed by atoms with Crippen LogP contribution in [-0.4, -0.2) is 24.7 Å². The van der Waals surface area contributed by atoms with Crippen molar-refractivity contribution in [2.75, 3.05) is 12.8 Å². The average molecular weight is 364 g/mol. The Morgan fingerprint density at radius 3 is 1.88 bits per heavy atom. The van der Waals surface area contributed by atoms with Crippen molar-refractivity contribution >= 4 is 23.7 Å². The maximum atomic E-state index is 13.2. The van der Waals surface area contributed by atoms with Gasteiger partial charge in [0.25, 0.3) is 0 Å². The molecule has 3 amide bonds. The van der Waals surface area contributed by atoms with Crippen LogP contribution in [0.2, 0.25) is 0 Å². The highest BCUT2D eigenvalue weighted by Gasteiger charge is 2.16. The first-order valence-electron chi connectivity index (χ1n) is 7.63. The number of carbonyl (C=O) groups is 2. The molecule has 132 valence electrons. The minimum Gasteiger partial charge on any atom is -0.341 e. The van der Waals surface area contributed by atoms with Crippen LogP contribution in [0.3, 0.4) is 0 Å². The van der Waals surface area contributed by atoms with Gasteiger partial charge in [-0.25, -0.2) is 13.6 Å². The highest BCUT2D eigenvalue weighted by atomic mass is 32.2. The third-order valence-corrected chi connectivity index (χ3v) is 4.76. The number of rotatable bonds is 6. The monoisotopic (exact) mass is 364 g/mol. The molecule has 0 atom stereocenters. The van der Waals surface area contributed by atoms with Gasteiger partial charge in [0.15, 0.2) is 0 Å². The van der Waals surface area contributed by atoms with E-state index in [9.17, 15) is 18.4 Å². The number of imide groups is 1. The molecule has 7 heteroatoms. The van der Waals surface area contributed by atoms with E-state index in [1.165, 1.54) is 43.1 Å². The van der Waals surface area contributed by atoms with E-state index in [1.54, 1.807) is 24.3 Å². The summed E-state index contributed by atoms with van der Waals surface area (Å²) in [4.78, 5) is 22.8. The van der Waals surface area contributed by atoms with Gasteiger partial charge in [-0.1, -0.05) is 24.3 Å². The summed E-state index contributed by atoms with van der Waals surface area (Å²) >= 11 is 1.47. The Kier molecular flexibility index (Phi) is 6.94. The van der Waals surface area contributed by atoms with Gasteiger partial charge < -0.3 is 5.32 Å². The number of halogens is 2.